The van der Waals surface area contributed by atoms with Gasteiger partial charge in [0.15, 0.2) is 0 Å². The molecule has 0 aliphatic rings. The van der Waals surface area contributed by atoms with E-state index in [0.29, 0.717) is 0 Å². The lowest BCUT2D eigenvalue weighted by Crippen LogP contribution is -2.18. The Bertz CT molecular complexity index is 405. The minimum absolute atomic E-state index is 0.254. The molecule has 80 valence electrons. The van der Waals surface area contributed by atoms with E-state index >= 15 is 0 Å². The summed E-state index contributed by atoms with van der Waals surface area (Å²) in [6.07, 6.45) is 6.44. The van der Waals surface area contributed by atoms with Crippen LogP contribution in [-0.4, -0.2) is 16.8 Å². The van der Waals surface area contributed by atoms with Gasteiger partial charge in [-0.25, -0.2) is 0 Å². The molecule has 1 atom stereocenters. The monoisotopic (exact) mass is 205 g/mol. The average molecular weight is 205 g/mol. The van der Waals surface area contributed by atoms with Crippen molar-refractivity contribution < 1.29 is 4.42 Å². The number of nitrogens with one attached hydrogen (secondary N) is 1. The van der Waals surface area contributed by atoms with Crippen molar-refractivity contribution in [2.75, 3.05) is 7.05 Å². The number of rotatable bonds is 4. The topological polar surface area (TPSA) is 43.0 Å². The van der Waals surface area contributed by atoms with Gasteiger partial charge in [-0.2, -0.15) is 5.10 Å². The molecule has 4 heteroatoms. The normalized spacial score (nSPS) is 12.9. The fourth-order valence-corrected chi connectivity index (χ4v) is 1.64. The molecule has 0 spiro atoms. The zero-order valence-electron chi connectivity index (χ0n) is 8.97. The molecule has 2 heterocycles. The fourth-order valence-electron chi connectivity index (χ4n) is 1.64. The van der Waals surface area contributed by atoms with Gasteiger partial charge in [0.05, 0.1) is 12.5 Å². The number of nitrogens with zero attached hydrogens (tertiary/aromatic N) is 2. The van der Waals surface area contributed by atoms with E-state index in [1.807, 2.05) is 43.3 Å². The van der Waals surface area contributed by atoms with E-state index in [1.165, 1.54) is 5.56 Å². The first-order valence-electron chi connectivity index (χ1n) is 4.98. The van der Waals surface area contributed by atoms with Crippen LogP contribution < -0.4 is 5.32 Å². The smallest absolute Gasteiger partial charge is 0.105 e. The largest absolute Gasteiger partial charge is 0.469 e. The Labute approximate surface area is 88.9 Å². The summed E-state index contributed by atoms with van der Waals surface area (Å²) in [5.74, 6) is 0.984. The van der Waals surface area contributed by atoms with Crippen LogP contribution in [0.2, 0.25) is 0 Å². The summed E-state index contributed by atoms with van der Waals surface area (Å²) in [4.78, 5) is 0. The quantitative estimate of drug-likeness (QED) is 0.822. The SMILES string of the molecule is CNC(Cc1ccco1)c1cnn(C)c1. The first-order valence-corrected chi connectivity index (χ1v) is 4.98. The lowest BCUT2D eigenvalue weighted by molar-refractivity contribution is 0.466. The van der Waals surface area contributed by atoms with Crippen LogP contribution in [0, 0.1) is 0 Å². The summed E-state index contributed by atoms with van der Waals surface area (Å²) in [6.45, 7) is 0. The van der Waals surface area contributed by atoms with E-state index < -0.39 is 0 Å². The number of hydrogen-bond acceptors (Lipinski definition) is 3. The van der Waals surface area contributed by atoms with Gasteiger partial charge in [0, 0.05) is 31.3 Å². The molecule has 1 N–H and O–H groups in total. The number of likely N-dealkylation sites (N-methyl/N-ethyl adjacent to an activating group) is 1. The predicted octanol–water partition coefficient (Wildman–Crippen LogP) is 1.52. The Morgan fingerprint density at radius 2 is 2.47 bits per heavy atom. The van der Waals surface area contributed by atoms with Crippen molar-refractivity contribution in [3.63, 3.8) is 0 Å². The first kappa shape index (κ1) is 9.98. The van der Waals surface area contributed by atoms with Crippen LogP contribution in [-0.2, 0) is 13.5 Å². The van der Waals surface area contributed by atoms with Crippen LogP contribution in [0.25, 0.3) is 0 Å². The third-order valence-corrected chi connectivity index (χ3v) is 2.46. The summed E-state index contributed by atoms with van der Waals surface area (Å²) in [5, 5.41) is 7.42. The summed E-state index contributed by atoms with van der Waals surface area (Å²) in [7, 11) is 3.86. The zero-order chi connectivity index (χ0) is 10.7. The van der Waals surface area contributed by atoms with Crippen molar-refractivity contribution in [3.05, 3.63) is 42.1 Å². The van der Waals surface area contributed by atoms with Crippen molar-refractivity contribution in [2.45, 2.75) is 12.5 Å². The number of furan rings is 1. The van der Waals surface area contributed by atoms with E-state index in [9.17, 15) is 0 Å². The van der Waals surface area contributed by atoms with Crippen LogP contribution in [0.15, 0.2) is 35.2 Å². The van der Waals surface area contributed by atoms with E-state index in [-0.39, 0.29) is 6.04 Å². The van der Waals surface area contributed by atoms with Crippen LogP contribution in [0.5, 0.6) is 0 Å². The first-order chi connectivity index (χ1) is 7.29. The molecule has 0 amide bonds. The Morgan fingerprint density at radius 1 is 1.60 bits per heavy atom. The molecule has 0 aromatic carbocycles. The van der Waals surface area contributed by atoms with Crippen LogP contribution >= 0.6 is 0 Å². The Balaban J connectivity index is 2.11. The van der Waals surface area contributed by atoms with Gasteiger partial charge in [0.1, 0.15) is 5.76 Å². The van der Waals surface area contributed by atoms with Crippen molar-refractivity contribution in [2.24, 2.45) is 7.05 Å². The highest BCUT2D eigenvalue weighted by atomic mass is 16.3. The molecule has 0 aliphatic carbocycles. The molecule has 0 aliphatic heterocycles. The van der Waals surface area contributed by atoms with E-state index in [0.717, 1.165) is 12.2 Å². The van der Waals surface area contributed by atoms with Gasteiger partial charge < -0.3 is 9.73 Å². The fraction of sp³-hybridized carbons (Fsp3) is 0.364. The lowest BCUT2D eigenvalue weighted by Gasteiger charge is -2.12. The Morgan fingerprint density at radius 3 is 3.00 bits per heavy atom. The molecule has 2 aromatic rings. The zero-order valence-corrected chi connectivity index (χ0v) is 8.97. The Kier molecular flexibility index (Phi) is 2.87. The molecule has 0 bridgehead atoms. The molecule has 0 fully saturated rings. The lowest BCUT2D eigenvalue weighted by atomic mass is 10.1. The standard InChI is InChI=1S/C11H15N3O/c1-12-11(6-10-4-3-5-15-10)9-7-13-14(2)8-9/h3-5,7-8,11-12H,6H2,1-2H3. The molecule has 0 radical (unpaired) electrons. The molecule has 2 rings (SSSR count). The Hall–Kier alpha value is -1.55. The predicted molar refractivity (Wildman–Crippen MR) is 57.4 cm³/mol. The van der Waals surface area contributed by atoms with Crippen molar-refractivity contribution >= 4 is 0 Å². The highest BCUT2D eigenvalue weighted by Crippen LogP contribution is 2.17. The average Bonchev–Trinajstić information content (AvgIpc) is 2.85. The van der Waals surface area contributed by atoms with Crippen molar-refractivity contribution in [1.29, 1.82) is 0 Å². The molecular weight excluding hydrogens is 190 g/mol. The van der Waals surface area contributed by atoms with Crippen molar-refractivity contribution in [3.8, 4) is 0 Å². The van der Waals surface area contributed by atoms with Crippen LogP contribution in [0.4, 0.5) is 0 Å². The second-order valence-electron chi connectivity index (χ2n) is 3.57. The van der Waals surface area contributed by atoms with Gasteiger partial charge in [0.2, 0.25) is 0 Å². The summed E-state index contributed by atoms with van der Waals surface area (Å²) in [5.41, 5.74) is 1.18. The number of aromatic nitrogens is 2. The summed E-state index contributed by atoms with van der Waals surface area (Å²) in [6, 6.07) is 4.15. The van der Waals surface area contributed by atoms with Crippen LogP contribution in [0.3, 0.4) is 0 Å². The molecule has 0 saturated carbocycles. The highest BCUT2D eigenvalue weighted by molar-refractivity contribution is 5.13. The minimum atomic E-state index is 0.254. The maximum Gasteiger partial charge on any atom is 0.105 e. The minimum Gasteiger partial charge on any atom is -0.469 e. The van der Waals surface area contributed by atoms with Gasteiger partial charge in [0.25, 0.3) is 0 Å². The van der Waals surface area contributed by atoms with E-state index in [2.05, 4.69) is 10.4 Å². The number of aryl methyl sites for hydroxylation is 1. The third-order valence-electron chi connectivity index (χ3n) is 2.46. The van der Waals surface area contributed by atoms with E-state index in [1.54, 1.807) is 6.26 Å². The van der Waals surface area contributed by atoms with Crippen LogP contribution in [0.1, 0.15) is 17.4 Å². The summed E-state index contributed by atoms with van der Waals surface area (Å²) >= 11 is 0. The van der Waals surface area contributed by atoms with E-state index in [4.69, 9.17) is 4.42 Å². The summed E-state index contributed by atoms with van der Waals surface area (Å²) < 4.78 is 7.13. The maximum absolute atomic E-state index is 5.33. The second kappa shape index (κ2) is 4.31. The molecule has 15 heavy (non-hydrogen) atoms. The molecule has 0 saturated heterocycles. The number of hydrogen-bond donors (Lipinski definition) is 1. The van der Waals surface area contributed by atoms with Gasteiger partial charge in [-0.3, -0.25) is 4.68 Å². The second-order valence-corrected chi connectivity index (χ2v) is 3.57. The molecule has 4 nitrogen and oxygen atoms in total. The molecular formula is C11H15N3O. The maximum atomic E-state index is 5.33. The van der Waals surface area contributed by atoms with Crippen molar-refractivity contribution in [1.82, 2.24) is 15.1 Å². The third kappa shape index (κ3) is 2.27. The van der Waals surface area contributed by atoms with Gasteiger partial charge in [-0.15, -0.1) is 0 Å². The highest BCUT2D eigenvalue weighted by Gasteiger charge is 2.12. The van der Waals surface area contributed by atoms with Gasteiger partial charge in [-0.1, -0.05) is 0 Å². The molecule has 2 aromatic heterocycles. The molecule has 1 unspecified atom stereocenters. The van der Waals surface area contributed by atoms with Gasteiger partial charge in [-0.05, 0) is 19.2 Å². The van der Waals surface area contributed by atoms with Gasteiger partial charge >= 0.3 is 0 Å².